The molecule has 0 aliphatic rings. The number of hydrogen-bond donors (Lipinski definition) is 0. The van der Waals surface area contributed by atoms with Gasteiger partial charge in [0.05, 0.1) is 5.56 Å². The van der Waals surface area contributed by atoms with Crippen LogP contribution >= 0.6 is 0 Å². The summed E-state index contributed by atoms with van der Waals surface area (Å²) in [7, 11) is 0. The second kappa shape index (κ2) is 9.11. The summed E-state index contributed by atoms with van der Waals surface area (Å²) in [4.78, 5) is 14.6. The molecule has 0 radical (unpaired) electrons. The highest BCUT2D eigenvalue weighted by Gasteiger charge is 2.18. The molecule has 0 amide bonds. The molecule has 0 fully saturated rings. The quantitative estimate of drug-likeness (QED) is 0.695. The van der Waals surface area contributed by atoms with Gasteiger partial charge in [0.1, 0.15) is 6.10 Å². The number of ether oxygens (including phenoxy) is 1. The molecule has 2 aromatic rings. The van der Waals surface area contributed by atoms with E-state index in [1.54, 1.807) is 12.1 Å². The fourth-order valence-corrected chi connectivity index (χ4v) is 2.58. The molecule has 1 atom stereocenters. The Bertz CT molecular complexity index is 579. The summed E-state index contributed by atoms with van der Waals surface area (Å²) < 4.78 is 5.79. The Morgan fingerprint density at radius 2 is 1.52 bits per heavy atom. The Kier molecular flexibility index (Phi) is 6.82. The van der Waals surface area contributed by atoms with Crippen LogP contribution in [0.4, 0.5) is 0 Å². The van der Waals surface area contributed by atoms with Gasteiger partial charge in [-0.2, -0.15) is 0 Å². The van der Waals surface area contributed by atoms with Gasteiger partial charge in [-0.05, 0) is 30.8 Å². The van der Waals surface area contributed by atoms with E-state index >= 15 is 0 Å². The van der Waals surface area contributed by atoms with Gasteiger partial charge in [-0.3, -0.25) is 0 Å². The van der Waals surface area contributed by atoms with Crippen molar-refractivity contribution >= 4 is 5.97 Å². The van der Waals surface area contributed by atoms with Crippen LogP contribution in [-0.4, -0.2) is 36.6 Å². The van der Waals surface area contributed by atoms with Crippen LogP contribution in [0.5, 0.6) is 0 Å². The van der Waals surface area contributed by atoms with Crippen molar-refractivity contribution in [3.8, 4) is 0 Å². The normalized spacial score (nSPS) is 12.1. The fraction of sp³-hybridized carbons (Fsp3) is 0.350. The van der Waals surface area contributed by atoms with Crippen LogP contribution in [0.1, 0.15) is 29.8 Å². The summed E-state index contributed by atoms with van der Waals surface area (Å²) in [6.07, 6.45) is 0.584. The highest BCUT2D eigenvalue weighted by atomic mass is 16.5. The maximum absolute atomic E-state index is 12.4. The fourth-order valence-electron chi connectivity index (χ4n) is 2.58. The van der Waals surface area contributed by atoms with Crippen molar-refractivity contribution in [3.05, 3.63) is 71.8 Å². The summed E-state index contributed by atoms with van der Waals surface area (Å²) in [6.45, 7) is 6.90. The van der Waals surface area contributed by atoms with Gasteiger partial charge in [-0.1, -0.05) is 62.4 Å². The average Bonchev–Trinajstić information content (AvgIpc) is 2.61. The van der Waals surface area contributed by atoms with E-state index in [4.69, 9.17) is 4.74 Å². The minimum atomic E-state index is -0.251. The van der Waals surface area contributed by atoms with E-state index in [2.05, 4.69) is 30.9 Å². The molecule has 0 unspecified atom stereocenters. The Balaban J connectivity index is 2.07. The zero-order valence-corrected chi connectivity index (χ0v) is 13.9. The van der Waals surface area contributed by atoms with Crippen molar-refractivity contribution in [2.45, 2.75) is 26.4 Å². The number of carbonyl (C=O) groups is 1. The minimum Gasteiger partial charge on any atom is -0.457 e. The second-order valence-corrected chi connectivity index (χ2v) is 5.57. The molecule has 0 saturated carbocycles. The molecule has 0 bridgehead atoms. The summed E-state index contributed by atoms with van der Waals surface area (Å²) in [5.41, 5.74) is 1.79. The van der Waals surface area contributed by atoms with Crippen molar-refractivity contribution in [2.75, 3.05) is 19.6 Å². The smallest absolute Gasteiger partial charge is 0.338 e. The summed E-state index contributed by atoms with van der Waals surface area (Å²) in [6, 6.07) is 19.4. The standard InChI is InChI=1S/C20H25NO2/c1-3-21(4-2)16-19(15-17-11-7-5-8-12-17)23-20(22)18-13-9-6-10-14-18/h5-14,19H,3-4,15-16H2,1-2H3/t19-/m0/s1. The third-order valence-electron chi connectivity index (χ3n) is 3.95. The molecule has 0 aromatic heterocycles. The van der Waals surface area contributed by atoms with E-state index in [9.17, 15) is 4.79 Å². The van der Waals surface area contributed by atoms with Crippen molar-refractivity contribution in [1.29, 1.82) is 0 Å². The average molecular weight is 311 g/mol. The number of rotatable bonds is 8. The molecule has 0 heterocycles. The van der Waals surface area contributed by atoms with Gasteiger partial charge in [-0.15, -0.1) is 0 Å². The zero-order valence-electron chi connectivity index (χ0n) is 13.9. The molecule has 2 rings (SSSR count). The van der Waals surface area contributed by atoms with E-state index in [1.807, 2.05) is 36.4 Å². The second-order valence-electron chi connectivity index (χ2n) is 5.57. The Morgan fingerprint density at radius 1 is 0.957 bits per heavy atom. The molecule has 0 aliphatic heterocycles. The van der Waals surface area contributed by atoms with Crippen LogP contribution < -0.4 is 0 Å². The largest absolute Gasteiger partial charge is 0.457 e. The molecule has 0 aliphatic carbocycles. The third-order valence-corrected chi connectivity index (χ3v) is 3.95. The zero-order chi connectivity index (χ0) is 16.5. The van der Waals surface area contributed by atoms with Gasteiger partial charge >= 0.3 is 5.97 Å². The van der Waals surface area contributed by atoms with Gasteiger partial charge in [-0.25, -0.2) is 4.79 Å². The summed E-state index contributed by atoms with van der Waals surface area (Å²) in [5, 5.41) is 0. The number of benzene rings is 2. The van der Waals surface area contributed by atoms with Gasteiger partial charge in [0.25, 0.3) is 0 Å². The van der Waals surface area contributed by atoms with Crippen LogP contribution in [0.3, 0.4) is 0 Å². The molecule has 0 spiro atoms. The first kappa shape index (κ1) is 17.2. The van der Waals surface area contributed by atoms with Crippen LogP contribution in [0.15, 0.2) is 60.7 Å². The predicted octanol–water partition coefficient (Wildman–Crippen LogP) is 3.80. The Labute approximate surface area is 138 Å². The van der Waals surface area contributed by atoms with Crippen LogP contribution in [-0.2, 0) is 11.2 Å². The highest BCUT2D eigenvalue weighted by molar-refractivity contribution is 5.89. The number of esters is 1. The number of hydrogen-bond acceptors (Lipinski definition) is 3. The molecule has 122 valence electrons. The topological polar surface area (TPSA) is 29.5 Å². The monoisotopic (exact) mass is 311 g/mol. The van der Waals surface area contributed by atoms with E-state index < -0.39 is 0 Å². The lowest BCUT2D eigenvalue weighted by atomic mass is 10.1. The van der Waals surface area contributed by atoms with Crippen molar-refractivity contribution in [3.63, 3.8) is 0 Å². The molecule has 3 nitrogen and oxygen atoms in total. The van der Waals surface area contributed by atoms with E-state index in [1.165, 1.54) is 5.56 Å². The van der Waals surface area contributed by atoms with Gasteiger partial charge < -0.3 is 9.64 Å². The molecular formula is C20H25NO2. The van der Waals surface area contributed by atoms with E-state index in [0.717, 1.165) is 26.1 Å². The highest BCUT2D eigenvalue weighted by Crippen LogP contribution is 2.11. The van der Waals surface area contributed by atoms with Gasteiger partial charge in [0, 0.05) is 13.0 Å². The van der Waals surface area contributed by atoms with E-state index in [-0.39, 0.29) is 12.1 Å². The number of likely N-dealkylation sites (N-methyl/N-ethyl adjacent to an activating group) is 1. The molecular weight excluding hydrogens is 286 g/mol. The first-order valence-electron chi connectivity index (χ1n) is 8.25. The van der Waals surface area contributed by atoms with Gasteiger partial charge in [0.2, 0.25) is 0 Å². The molecule has 0 N–H and O–H groups in total. The lowest BCUT2D eigenvalue weighted by Crippen LogP contribution is -2.36. The molecule has 23 heavy (non-hydrogen) atoms. The van der Waals surface area contributed by atoms with Crippen LogP contribution in [0, 0.1) is 0 Å². The van der Waals surface area contributed by atoms with Crippen molar-refractivity contribution < 1.29 is 9.53 Å². The minimum absolute atomic E-state index is 0.148. The van der Waals surface area contributed by atoms with Crippen LogP contribution in [0.25, 0.3) is 0 Å². The summed E-state index contributed by atoms with van der Waals surface area (Å²) in [5.74, 6) is -0.251. The first-order valence-corrected chi connectivity index (χ1v) is 8.25. The lowest BCUT2D eigenvalue weighted by Gasteiger charge is -2.25. The Morgan fingerprint density at radius 3 is 2.09 bits per heavy atom. The lowest BCUT2D eigenvalue weighted by molar-refractivity contribution is 0.0212. The first-order chi connectivity index (χ1) is 11.2. The van der Waals surface area contributed by atoms with Crippen molar-refractivity contribution in [2.24, 2.45) is 0 Å². The molecule has 3 heteroatoms. The molecule has 2 aromatic carbocycles. The van der Waals surface area contributed by atoms with E-state index in [0.29, 0.717) is 5.56 Å². The number of carbonyl (C=O) groups excluding carboxylic acids is 1. The third kappa shape index (κ3) is 5.53. The maximum atomic E-state index is 12.4. The van der Waals surface area contributed by atoms with Gasteiger partial charge in [0.15, 0.2) is 0 Å². The SMILES string of the molecule is CCN(CC)C[C@H](Cc1ccccc1)OC(=O)c1ccccc1. The summed E-state index contributed by atoms with van der Waals surface area (Å²) >= 11 is 0. The Hall–Kier alpha value is -2.13. The van der Waals surface area contributed by atoms with Crippen LogP contribution in [0.2, 0.25) is 0 Å². The maximum Gasteiger partial charge on any atom is 0.338 e. The predicted molar refractivity (Wildman–Crippen MR) is 93.6 cm³/mol. The molecule has 0 saturated heterocycles. The van der Waals surface area contributed by atoms with Crippen molar-refractivity contribution in [1.82, 2.24) is 4.90 Å². The number of nitrogens with zero attached hydrogens (tertiary/aromatic N) is 1.